The first-order chi connectivity index (χ1) is 7.76. The van der Waals surface area contributed by atoms with Crippen molar-refractivity contribution in [1.82, 2.24) is 0 Å². The summed E-state index contributed by atoms with van der Waals surface area (Å²) in [4.78, 5) is 10.9. The average Bonchev–Trinajstić information content (AvgIpc) is 2.35. The molecule has 16 heavy (non-hydrogen) atoms. The number of rotatable bonds is 6. The van der Waals surface area contributed by atoms with Gasteiger partial charge in [-0.2, -0.15) is 0 Å². The maximum atomic E-state index is 10.9. The Bertz CT molecular complexity index is 371. The molecular weight excluding hydrogens is 204 g/mol. The van der Waals surface area contributed by atoms with Gasteiger partial charge in [-0.3, -0.25) is 0 Å². The van der Waals surface area contributed by atoms with Crippen molar-refractivity contribution in [2.24, 2.45) is 0 Å². The van der Waals surface area contributed by atoms with E-state index in [1.54, 1.807) is 26.4 Å². The molecule has 3 heteroatoms. The summed E-state index contributed by atoms with van der Waals surface area (Å²) in [6, 6.07) is 5.49. The molecule has 0 amide bonds. The topological polar surface area (TPSA) is 35.5 Å². The van der Waals surface area contributed by atoms with Crippen LogP contribution in [-0.2, 0) is 4.79 Å². The zero-order valence-electron chi connectivity index (χ0n) is 9.60. The monoisotopic (exact) mass is 220 g/mol. The molecule has 0 aromatic heterocycles. The van der Waals surface area contributed by atoms with Crippen LogP contribution in [0, 0.1) is 0 Å². The summed E-state index contributed by atoms with van der Waals surface area (Å²) in [7, 11) is 3.16. The Labute approximate surface area is 95.7 Å². The number of benzene rings is 1. The average molecular weight is 220 g/mol. The molecule has 0 aliphatic carbocycles. The van der Waals surface area contributed by atoms with Gasteiger partial charge in [0.15, 0.2) is 11.5 Å². The van der Waals surface area contributed by atoms with Crippen LogP contribution in [0.3, 0.4) is 0 Å². The minimum atomic E-state index is -0.169. The van der Waals surface area contributed by atoms with Crippen molar-refractivity contribution in [1.29, 1.82) is 0 Å². The maximum Gasteiger partial charge on any atom is 0.161 e. The molecule has 1 unspecified atom stereocenters. The highest BCUT2D eigenvalue weighted by atomic mass is 16.5. The van der Waals surface area contributed by atoms with Gasteiger partial charge < -0.3 is 14.3 Å². The molecule has 0 heterocycles. The normalized spacial score (nSPS) is 11.6. The molecule has 0 aliphatic rings. The second-order valence-corrected chi connectivity index (χ2v) is 3.38. The van der Waals surface area contributed by atoms with E-state index in [1.807, 2.05) is 12.1 Å². The molecule has 0 saturated carbocycles. The lowest BCUT2D eigenvalue weighted by Gasteiger charge is -2.12. The lowest BCUT2D eigenvalue weighted by Crippen LogP contribution is -2.00. The predicted octanol–water partition coefficient (Wildman–Crippen LogP) is 2.56. The molecule has 86 valence electrons. The van der Waals surface area contributed by atoms with E-state index in [2.05, 4.69) is 6.58 Å². The smallest absolute Gasteiger partial charge is 0.161 e. The molecule has 0 radical (unpaired) electrons. The molecule has 1 aromatic carbocycles. The third-order valence-electron chi connectivity index (χ3n) is 2.42. The van der Waals surface area contributed by atoms with Gasteiger partial charge in [-0.25, -0.2) is 0 Å². The SMILES string of the molecule is C=CCC(C=O)c1ccc(OC)c(OC)c1. The van der Waals surface area contributed by atoms with Gasteiger partial charge in [0.05, 0.1) is 14.2 Å². The third-order valence-corrected chi connectivity index (χ3v) is 2.42. The maximum absolute atomic E-state index is 10.9. The number of carbonyl (C=O) groups is 1. The Morgan fingerprint density at radius 2 is 2.00 bits per heavy atom. The highest BCUT2D eigenvalue weighted by Gasteiger charge is 2.12. The first-order valence-corrected chi connectivity index (χ1v) is 5.05. The van der Waals surface area contributed by atoms with Crippen LogP contribution in [0.5, 0.6) is 11.5 Å². The Balaban J connectivity index is 3.05. The van der Waals surface area contributed by atoms with Gasteiger partial charge in [-0.05, 0) is 24.1 Å². The van der Waals surface area contributed by atoms with Crippen molar-refractivity contribution in [3.63, 3.8) is 0 Å². The fourth-order valence-electron chi connectivity index (χ4n) is 1.53. The van der Waals surface area contributed by atoms with E-state index in [1.165, 1.54) is 0 Å². The molecule has 1 aromatic rings. The van der Waals surface area contributed by atoms with Gasteiger partial charge in [0.1, 0.15) is 6.29 Å². The number of carbonyl (C=O) groups excluding carboxylic acids is 1. The van der Waals surface area contributed by atoms with Crippen molar-refractivity contribution in [2.75, 3.05) is 14.2 Å². The molecule has 0 saturated heterocycles. The summed E-state index contributed by atoms with van der Waals surface area (Å²) in [5.74, 6) is 1.13. The van der Waals surface area contributed by atoms with Crippen molar-refractivity contribution in [3.05, 3.63) is 36.4 Å². The summed E-state index contributed by atoms with van der Waals surface area (Å²) in [5, 5.41) is 0. The van der Waals surface area contributed by atoms with Crippen LogP contribution in [0.25, 0.3) is 0 Å². The van der Waals surface area contributed by atoms with Crippen molar-refractivity contribution >= 4 is 6.29 Å². The first kappa shape index (κ1) is 12.3. The largest absolute Gasteiger partial charge is 0.493 e. The summed E-state index contributed by atoms with van der Waals surface area (Å²) >= 11 is 0. The van der Waals surface area contributed by atoms with Crippen LogP contribution < -0.4 is 9.47 Å². The highest BCUT2D eigenvalue weighted by Crippen LogP contribution is 2.31. The standard InChI is InChI=1S/C13H16O3/c1-4-5-11(9-14)10-6-7-12(15-2)13(8-10)16-3/h4,6-9,11H,1,5H2,2-3H3. The quantitative estimate of drug-likeness (QED) is 0.546. The van der Waals surface area contributed by atoms with Gasteiger partial charge in [0, 0.05) is 5.92 Å². The second kappa shape index (κ2) is 5.95. The molecule has 1 rings (SSSR count). The zero-order valence-corrected chi connectivity index (χ0v) is 9.60. The molecule has 0 N–H and O–H groups in total. The Hall–Kier alpha value is -1.77. The van der Waals surface area contributed by atoms with E-state index >= 15 is 0 Å². The number of aldehydes is 1. The second-order valence-electron chi connectivity index (χ2n) is 3.38. The number of hydrogen-bond donors (Lipinski definition) is 0. The Morgan fingerprint density at radius 1 is 1.31 bits per heavy atom. The van der Waals surface area contributed by atoms with E-state index in [4.69, 9.17) is 9.47 Å². The van der Waals surface area contributed by atoms with Crippen LogP contribution in [0.15, 0.2) is 30.9 Å². The number of ether oxygens (including phenoxy) is 2. The molecule has 1 atom stereocenters. The number of hydrogen-bond acceptors (Lipinski definition) is 3. The van der Waals surface area contributed by atoms with Crippen LogP contribution in [0.4, 0.5) is 0 Å². The highest BCUT2D eigenvalue weighted by molar-refractivity contribution is 5.63. The van der Waals surface area contributed by atoms with E-state index in [-0.39, 0.29) is 5.92 Å². The summed E-state index contributed by atoms with van der Waals surface area (Å²) in [6.07, 6.45) is 3.28. The van der Waals surface area contributed by atoms with Crippen molar-refractivity contribution in [2.45, 2.75) is 12.3 Å². The van der Waals surface area contributed by atoms with Gasteiger partial charge in [0.2, 0.25) is 0 Å². The van der Waals surface area contributed by atoms with Crippen molar-refractivity contribution < 1.29 is 14.3 Å². The molecular formula is C13H16O3. The fraction of sp³-hybridized carbons (Fsp3) is 0.308. The van der Waals surface area contributed by atoms with Crippen LogP contribution in [0.2, 0.25) is 0 Å². The van der Waals surface area contributed by atoms with E-state index in [9.17, 15) is 4.79 Å². The van der Waals surface area contributed by atoms with Gasteiger partial charge >= 0.3 is 0 Å². The van der Waals surface area contributed by atoms with Crippen molar-refractivity contribution in [3.8, 4) is 11.5 Å². The summed E-state index contributed by atoms with van der Waals surface area (Å²) < 4.78 is 10.3. The Morgan fingerprint density at radius 3 is 2.50 bits per heavy atom. The van der Waals surface area contributed by atoms with Gasteiger partial charge in [0.25, 0.3) is 0 Å². The minimum Gasteiger partial charge on any atom is -0.493 e. The molecule has 3 nitrogen and oxygen atoms in total. The first-order valence-electron chi connectivity index (χ1n) is 5.05. The number of methoxy groups -OCH3 is 2. The van der Waals surface area contributed by atoms with E-state index in [0.29, 0.717) is 17.9 Å². The van der Waals surface area contributed by atoms with Crippen LogP contribution in [-0.4, -0.2) is 20.5 Å². The predicted molar refractivity (Wildman–Crippen MR) is 63.2 cm³/mol. The molecule has 0 aliphatic heterocycles. The lowest BCUT2D eigenvalue weighted by atomic mass is 9.97. The Kier molecular flexibility index (Phi) is 4.58. The van der Waals surface area contributed by atoms with Gasteiger partial charge in [-0.15, -0.1) is 6.58 Å². The molecule has 0 spiro atoms. The zero-order chi connectivity index (χ0) is 12.0. The molecule has 0 bridgehead atoms. The van der Waals surface area contributed by atoms with E-state index in [0.717, 1.165) is 11.8 Å². The van der Waals surface area contributed by atoms with Gasteiger partial charge in [-0.1, -0.05) is 12.1 Å². The third kappa shape index (κ3) is 2.63. The number of allylic oxidation sites excluding steroid dienone is 1. The van der Waals surface area contributed by atoms with Crippen LogP contribution >= 0.6 is 0 Å². The fourth-order valence-corrected chi connectivity index (χ4v) is 1.53. The summed E-state index contributed by atoms with van der Waals surface area (Å²) in [5.41, 5.74) is 0.910. The summed E-state index contributed by atoms with van der Waals surface area (Å²) in [6.45, 7) is 3.64. The van der Waals surface area contributed by atoms with Crippen LogP contribution in [0.1, 0.15) is 17.9 Å². The molecule has 0 fully saturated rings. The minimum absolute atomic E-state index is 0.169. The van der Waals surface area contributed by atoms with E-state index < -0.39 is 0 Å². The lowest BCUT2D eigenvalue weighted by molar-refractivity contribution is -0.109.